The fourth-order valence-electron chi connectivity index (χ4n) is 4.57. The molecule has 0 atom stereocenters. The lowest BCUT2D eigenvalue weighted by Gasteiger charge is -2.36. The van der Waals surface area contributed by atoms with E-state index >= 15 is 0 Å². The fourth-order valence-corrected chi connectivity index (χ4v) is 5.43. The van der Waals surface area contributed by atoms with Gasteiger partial charge in [-0.05, 0) is 43.2 Å². The van der Waals surface area contributed by atoms with Crippen LogP contribution in [0.4, 0.5) is 5.69 Å². The quantitative estimate of drug-likeness (QED) is 0.351. The highest BCUT2D eigenvalue weighted by Gasteiger charge is 2.23. The molecule has 2 N–H and O–H groups in total. The van der Waals surface area contributed by atoms with Crippen molar-refractivity contribution in [3.05, 3.63) is 98.1 Å². The van der Waals surface area contributed by atoms with Gasteiger partial charge in [-0.15, -0.1) is 10.2 Å². The van der Waals surface area contributed by atoms with Gasteiger partial charge in [-0.25, -0.2) is 4.79 Å². The molecule has 38 heavy (non-hydrogen) atoms. The third-order valence-electron chi connectivity index (χ3n) is 6.55. The average Bonchev–Trinajstić information content (AvgIpc) is 3.30. The Hall–Kier alpha value is -4.12. The summed E-state index contributed by atoms with van der Waals surface area (Å²) in [6.07, 6.45) is 0.204. The molecule has 0 radical (unpaired) electrons. The standard InChI is InChI=1S/C27H29N7O3S/c1-18-8-9-19(2)22(14-18)34-23(15-20-16-24(35)29-26(37)28-20)30-31-27(34)38-17-25(36)33-12-10-32(11-13-33)21-6-4-3-5-7-21/h3-9,14,16H,10-13,15,17H2,1-2H3,(H2,28,29,35,37). The second kappa shape index (κ2) is 11.1. The maximum Gasteiger partial charge on any atom is 0.325 e. The molecule has 2 aromatic heterocycles. The minimum atomic E-state index is -0.571. The Morgan fingerprint density at radius 1 is 0.947 bits per heavy atom. The number of aryl methyl sites for hydroxylation is 2. The van der Waals surface area contributed by atoms with Crippen molar-refractivity contribution in [1.82, 2.24) is 29.6 Å². The molecule has 1 aliphatic heterocycles. The number of nitrogens with zero attached hydrogens (tertiary/aromatic N) is 5. The number of hydrogen-bond donors (Lipinski definition) is 2. The molecule has 196 valence electrons. The van der Waals surface area contributed by atoms with Crippen LogP contribution in [0.5, 0.6) is 0 Å². The molecule has 3 heterocycles. The summed E-state index contributed by atoms with van der Waals surface area (Å²) in [6, 6.07) is 17.7. The number of benzene rings is 2. The molecule has 5 rings (SSSR count). The molecule has 0 saturated carbocycles. The summed E-state index contributed by atoms with van der Waals surface area (Å²) in [5, 5.41) is 9.35. The van der Waals surface area contributed by atoms with E-state index in [1.165, 1.54) is 23.5 Å². The molecule has 1 aliphatic rings. The summed E-state index contributed by atoms with van der Waals surface area (Å²) in [6.45, 7) is 6.92. The smallest absolute Gasteiger partial charge is 0.325 e. The van der Waals surface area contributed by atoms with Gasteiger partial charge in [0.2, 0.25) is 5.91 Å². The third kappa shape index (κ3) is 5.72. The Morgan fingerprint density at radius 3 is 2.45 bits per heavy atom. The highest BCUT2D eigenvalue weighted by Crippen LogP contribution is 2.26. The van der Waals surface area contributed by atoms with E-state index in [4.69, 9.17) is 0 Å². The predicted molar refractivity (Wildman–Crippen MR) is 147 cm³/mol. The minimum Gasteiger partial charge on any atom is -0.368 e. The first kappa shape index (κ1) is 25.5. The van der Waals surface area contributed by atoms with Crippen LogP contribution in [0.3, 0.4) is 0 Å². The number of carbonyl (C=O) groups excluding carboxylic acids is 1. The molecule has 1 amide bonds. The van der Waals surface area contributed by atoms with Gasteiger partial charge < -0.3 is 14.8 Å². The number of aromatic amines is 2. The van der Waals surface area contributed by atoms with E-state index in [2.05, 4.69) is 37.2 Å². The maximum atomic E-state index is 13.1. The Balaban J connectivity index is 1.34. The van der Waals surface area contributed by atoms with Crippen molar-refractivity contribution < 1.29 is 4.79 Å². The number of H-pyrrole nitrogens is 2. The molecule has 0 bridgehead atoms. The summed E-state index contributed by atoms with van der Waals surface area (Å²) in [5.74, 6) is 0.848. The van der Waals surface area contributed by atoms with E-state index in [9.17, 15) is 14.4 Å². The van der Waals surface area contributed by atoms with E-state index in [0.717, 1.165) is 29.9 Å². The summed E-state index contributed by atoms with van der Waals surface area (Å²) < 4.78 is 1.91. The molecule has 4 aromatic rings. The lowest BCUT2D eigenvalue weighted by molar-refractivity contribution is -0.128. The highest BCUT2D eigenvalue weighted by molar-refractivity contribution is 7.99. The van der Waals surface area contributed by atoms with Gasteiger partial charge in [-0.3, -0.25) is 19.1 Å². The topological polar surface area (TPSA) is 120 Å². The van der Waals surface area contributed by atoms with Gasteiger partial charge in [-0.1, -0.05) is 42.1 Å². The van der Waals surface area contributed by atoms with Crippen molar-refractivity contribution in [3.8, 4) is 5.69 Å². The van der Waals surface area contributed by atoms with Crippen LogP contribution in [0.1, 0.15) is 22.6 Å². The van der Waals surface area contributed by atoms with Crippen LogP contribution in [0.2, 0.25) is 0 Å². The Bertz CT molecular complexity index is 1520. The predicted octanol–water partition coefficient (Wildman–Crippen LogP) is 2.29. The van der Waals surface area contributed by atoms with Crippen molar-refractivity contribution in [2.24, 2.45) is 0 Å². The van der Waals surface area contributed by atoms with Gasteiger partial charge in [0.15, 0.2) is 5.16 Å². The first-order valence-corrected chi connectivity index (χ1v) is 13.4. The molecule has 1 fully saturated rings. The van der Waals surface area contributed by atoms with Crippen molar-refractivity contribution in [1.29, 1.82) is 0 Å². The largest absolute Gasteiger partial charge is 0.368 e. The monoisotopic (exact) mass is 531 g/mol. The number of hydrogen-bond acceptors (Lipinski definition) is 7. The van der Waals surface area contributed by atoms with E-state index in [0.29, 0.717) is 29.8 Å². The van der Waals surface area contributed by atoms with Crippen molar-refractivity contribution in [3.63, 3.8) is 0 Å². The van der Waals surface area contributed by atoms with Crippen LogP contribution in [-0.4, -0.2) is 67.5 Å². The zero-order valence-electron chi connectivity index (χ0n) is 21.3. The number of nitrogens with one attached hydrogen (secondary N) is 2. The number of para-hydroxylation sites is 1. The molecule has 11 heteroatoms. The average molecular weight is 532 g/mol. The molecule has 1 saturated heterocycles. The molecular formula is C27H29N7O3S. The van der Waals surface area contributed by atoms with Gasteiger partial charge in [0.25, 0.3) is 5.56 Å². The fraction of sp³-hybridized carbons (Fsp3) is 0.296. The van der Waals surface area contributed by atoms with E-state index in [1.54, 1.807) is 0 Å². The van der Waals surface area contributed by atoms with Crippen LogP contribution in [0, 0.1) is 13.8 Å². The second-order valence-electron chi connectivity index (χ2n) is 9.31. The Morgan fingerprint density at radius 2 is 1.71 bits per heavy atom. The molecule has 2 aromatic carbocycles. The third-order valence-corrected chi connectivity index (χ3v) is 7.46. The van der Waals surface area contributed by atoms with Crippen LogP contribution in [0.25, 0.3) is 5.69 Å². The highest BCUT2D eigenvalue weighted by atomic mass is 32.2. The van der Waals surface area contributed by atoms with Gasteiger partial charge >= 0.3 is 5.69 Å². The zero-order chi connectivity index (χ0) is 26.6. The molecule has 0 spiro atoms. The first-order valence-electron chi connectivity index (χ1n) is 12.4. The van der Waals surface area contributed by atoms with Crippen molar-refractivity contribution in [2.45, 2.75) is 25.4 Å². The number of rotatable bonds is 7. The number of piperazine rings is 1. The van der Waals surface area contributed by atoms with Crippen molar-refractivity contribution in [2.75, 3.05) is 36.8 Å². The lowest BCUT2D eigenvalue weighted by atomic mass is 10.1. The van der Waals surface area contributed by atoms with Gasteiger partial charge in [-0.2, -0.15) is 0 Å². The summed E-state index contributed by atoms with van der Waals surface area (Å²) in [7, 11) is 0. The molecule has 0 unspecified atom stereocenters. The number of anilines is 1. The lowest BCUT2D eigenvalue weighted by Crippen LogP contribution is -2.49. The van der Waals surface area contributed by atoms with E-state index in [-0.39, 0.29) is 18.1 Å². The summed E-state index contributed by atoms with van der Waals surface area (Å²) in [5.41, 5.74) is 3.53. The zero-order valence-corrected chi connectivity index (χ0v) is 22.1. The summed E-state index contributed by atoms with van der Waals surface area (Å²) >= 11 is 1.34. The van der Waals surface area contributed by atoms with Gasteiger partial charge in [0, 0.05) is 50.0 Å². The summed E-state index contributed by atoms with van der Waals surface area (Å²) in [4.78, 5) is 45.7. The molecule has 0 aliphatic carbocycles. The minimum absolute atomic E-state index is 0.0544. The Labute approximate surface area is 223 Å². The van der Waals surface area contributed by atoms with Crippen LogP contribution >= 0.6 is 11.8 Å². The number of amides is 1. The second-order valence-corrected chi connectivity index (χ2v) is 10.2. The van der Waals surface area contributed by atoms with Gasteiger partial charge in [0.05, 0.1) is 11.4 Å². The number of thioether (sulfide) groups is 1. The van der Waals surface area contributed by atoms with Crippen LogP contribution < -0.4 is 16.1 Å². The number of aromatic nitrogens is 5. The van der Waals surface area contributed by atoms with E-state index in [1.807, 2.05) is 59.7 Å². The first-order chi connectivity index (χ1) is 18.4. The van der Waals surface area contributed by atoms with Crippen LogP contribution in [-0.2, 0) is 11.2 Å². The SMILES string of the molecule is Cc1ccc(C)c(-n2c(Cc3cc(=O)[nH]c(=O)[nH]3)nnc2SCC(=O)N2CCN(c3ccccc3)CC2)c1. The normalized spacial score (nSPS) is 13.6. The molecular weight excluding hydrogens is 502 g/mol. The molecule has 10 nitrogen and oxygen atoms in total. The number of carbonyl (C=O) groups is 1. The maximum absolute atomic E-state index is 13.1. The van der Waals surface area contributed by atoms with Crippen molar-refractivity contribution >= 4 is 23.4 Å². The van der Waals surface area contributed by atoms with E-state index < -0.39 is 11.2 Å². The van der Waals surface area contributed by atoms with Crippen LogP contribution in [0.15, 0.2) is 69.3 Å². The Kier molecular flexibility index (Phi) is 7.45. The van der Waals surface area contributed by atoms with Gasteiger partial charge in [0.1, 0.15) is 5.82 Å².